The fourth-order valence-corrected chi connectivity index (χ4v) is 0.204. The van der Waals surface area contributed by atoms with Gasteiger partial charge in [-0.25, -0.2) is 0 Å². The quantitative estimate of drug-likeness (QED) is 0.551. The lowest BCUT2D eigenvalue weighted by Crippen LogP contribution is -2.17. The van der Waals surface area contributed by atoms with Crippen LogP contribution in [0.5, 0.6) is 0 Å². The SMILES string of the molecule is C=CC(=O)[O-].CCCCN. The minimum atomic E-state index is -1.23. The molecule has 10 heavy (non-hydrogen) atoms. The molecule has 0 unspecified atom stereocenters. The van der Waals surface area contributed by atoms with Crippen LogP contribution in [-0.2, 0) is 4.79 Å². The first kappa shape index (κ1) is 11.9. The molecule has 3 heteroatoms. The fourth-order valence-electron chi connectivity index (χ4n) is 0.204. The van der Waals surface area contributed by atoms with E-state index in [9.17, 15) is 0 Å². The van der Waals surface area contributed by atoms with Gasteiger partial charge in [-0.15, -0.1) is 0 Å². The van der Waals surface area contributed by atoms with Crippen molar-refractivity contribution < 1.29 is 9.90 Å². The molecular weight excluding hydrogens is 130 g/mol. The largest absolute Gasteiger partial charge is 0.545 e. The lowest BCUT2D eigenvalue weighted by molar-refractivity contribution is -0.297. The van der Waals surface area contributed by atoms with Gasteiger partial charge >= 0.3 is 0 Å². The number of nitrogens with two attached hydrogens (primary N) is 1. The third-order valence-corrected chi connectivity index (χ3v) is 0.724. The zero-order valence-electron chi connectivity index (χ0n) is 6.30. The van der Waals surface area contributed by atoms with Crippen LogP contribution >= 0.6 is 0 Å². The molecule has 0 aliphatic rings. The molecular formula is C7H14NO2-. The number of carbonyl (C=O) groups excluding carboxylic acids is 1. The van der Waals surface area contributed by atoms with E-state index in [1.165, 1.54) is 12.8 Å². The summed E-state index contributed by atoms with van der Waals surface area (Å²) >= 11 is 0. The van der Waals surface area contributed by atoms with E-state index < -0.39 is 5.97 Å². The highest BCUT2D eigenvalue weighted by atomic mass is 16.4. The Bertz CT molecular complexity index is 89.6. The van der Waals surface area contributed by atoms with E-state index in [2.05, 4.69) is 13.5 Å². The molecule has 0 aromatic heterocycles. The second-order valence-corrected chi connectivity index (χ2v) is 1.67. The molecule has 0 bridgehead atoms. The molecule has 2 N–H and O–H groups in total. The summed E-state index contributed by atoms with van der Waals surface area (Å²) in [5.74, 6) is -1.23. The van der Waals surface area contributed by atoms with Crippen molar-refractivity contribution >= 4 is 5.97 Å². The van der Waals surface area contributed by atoms with Crippen molar-refractivity contribution in [1.29, 1.82) is 0 Å². The zero-order valence-corrected chi connectivity index (χ0v) is 6.30. The summed E-state index contributed by atoms with van der Waals surface area (Å²) in [6.07, 6.45) is 3.11. The average Bonchev–Trinajstić information content (AvgIpc) is 1.91. The summed E-state index contributed by atoms with van der Waals surface area (Å²) < 4.78 is 0. The Labute approximate surface area is 61.5 Å². The van der Waals surface area contributed by atoms with E-state index >= 15 is 0 Å². The van der Waals surface area contributed by atoms with Gasteiger partial charge in [-0.05, 0) is 19.0 Å². The molecule has 0 saturated carbocycles. The summed E-state index contributed by atoms with van der Waals surface area (Å²) in [6.45, 7) is 5.87. The monoisotopic (exact) mass is 144 g/mol. The molecule has 3 nitrogen and oxygen atoms in total. The Balaban J connectivity index is 0. The molecule has 0 rings (SSSR count). The van der Waals surface area contributed by atoms with Gasteiger partial charge in [-0.3, -0.25) is 0 Å². The van der Waals surface area contributed by atoms with Gasteiger partial charge in [0.15, 0.2) is 0 Å². The van der Waals surface area contributed by atoms with E-state index in [-0.39, 0.29) is 0 Å². The molecule has 0 heterocycles. The molecule has 0 aliphatic carbocycles. The van der Waals surface area contributed by atoms with Gasteiger partial charge in [0.1, 0.15) is 0 Å². The van der Waals surface area contributed by atoms with E-state index in [1.807, 2.05) is 0 Å². The Hall–Kier alpha value is -0.830. The van der Waals surface area contributed by atoms with E-state index in [1.54, 1.807) is 0 Å². The fraction of sp³-hybridized carbons (Fsp3) is 0.571. The van der Waals surface area contributed by atoms with Gasteiger partial charge in [0.25, 0.3) is 0 Å². The molecule has 60 valence electrons. The second-order valence-electron chi connectivity index (χ2n) is 1.67. The van der Waals surface area contributed by atoms with E-state index in [4.69, 9.17) is 15.6 Å². The van der Waals surface area contributed by atoms with Crippen molar-refractivity contribution in [2.45, 2.75) is 19.8 Å². The summed E-state index contributed by atoms with van der Waals surface area (Å²) in [5, 5.41) is 9.14. The first-order chi connectivity index (χ1) is 4.68. The lowest BCUT2D eigenvalue weighted by Gasteiger charge is -1.81. The topological polar surface area (TPSA) is 66.1 Å². The van der Waals surface area contributed by atoms with Crippen LogP contribution in [0, 0.1) is 0 Å². The number of hydrogen-bond acceptors (Lipinski definition) is 3. The highest BCUT2D eigenvalue weighted by molar-refractivity contribution is 5.76. The molecule has 0 amide bonds. The van der Waals surface area contributed by atoms with Crippen LogP contribution in [0.3, 0.4) is 0 Å². The van der Waals surface area contributed by atoms with E-state index in [0.717, 1.165) is 12.6 Å². The van der Waals surface area contributed by atoms with Crippen molar-refractivity contribution in [2.24, 2.45) is 5.73 Å². The van der Waals surface area contributed by atoms with Crippen LogP contribution in [0.25, 0.3) is 0 Å². The van der Waals surface area contributed by atoms with Gasteiger partial charge in [0.05, 0.1) is 5.97 Å². The maximum absolute atomic E-state index is 9.14. The Kier molecular flexibility index (Phi) is 13.1. The van der Waals surface area contributed by atoms with Crippen molar-refractivity contribution in [3.8, 4) is 0 Å². The van der Waals surface area contributed by atoms with Crippen LogP contribution in [-0.4, -0.2) is 12.5 Å². The number of carbonyl (C=O) groups is 1. The van der Waals surface area contributed by atoms with Crippen molar-refractivity contribution in [3.05, 3.63) is 12.7 Å². The first-order valence-corrected chi connectivity index (χ1v) is 3.22. The third-order valence-electron chi connectivity index (χ3n) is 0.724. The minimum absolute atomic E-state index is 0.722. The Morgan fingerprint density at radius 3 is 2.20 bits per heavy atom. The summed E-state index contributed by atoms with van der Waals surface area (Å²) in [7, 11) is 0. The number of rotatable bonds is 3. The number of carboxylic acids is 1. The number of carboxylic acid groups (broad SMARTS) is 1. The molecule has 0 fully saturated rings. The first-order valence-electron chi connectivity index (χ1n) is 3.22. The maximum atomic E-state index is 9.14. The number of aliphatic carboxylic acids is 1. The van der Waals surface area contributed by atoms with Crippen LogP contribution in [0.4, 0.5) is 0 Å². The van der Waals surface area contributed by atoms with Crippen molar-refractivity contribution in [3.63, 3.8) is 0 Å². The molecule has 0 atom stereocenters. The molecule has 0 radical (unpaired) electrons. The Morgan fingerprint density at radius 1 is 1.80 bits per heavy atom. The van der Waals surface area contributed by atoms with Crippen molar-refractivity contribution in [2.75, 3.05) is 6.54 Å². The zero-order chi connectivity index (χ0) is 8.41. The normalized spacial score (nSPS) is 7.40. The van der Waals surface area contributed by atoms with Gasteiger partial charge < -0.3 is 15.6 Å². The van der Waals surface area contributed by atoms with Crippen LogP contribution in [0.1, 0.15) is 19.8 Å². The number of unbranched alkanes of at least 4 members (excludes halogenated alkanes) is 1. The Morgan fingerprint density at radius 2 is 2.20 bits per heavy atom. The summed E-state index contributed by atoms with van der Waals surface area (Å²) in [6, 6.07) is 0. The van der Waals surface area contributed by atoms with Gasteiger partial charge in [0, 0.05) is 0 Å². The van der Waals surface area contributed by atoms with Crippen molar-refractivity contribution in [1.82, 2.24) is 0 Å². The molecule has 0 aliphatic heterocycles. The summed E-state index contributed by atoms with van der Waals surface area (Å²) in [4.78, 5) is 9.14. The van der Waals surface area contributed by atoms with Crippen LogP contribution in [0.15, 0.2) is 12.7 Å². The molecule has 0 saturated heterocycles. The smallest absolute Gasteiger partial charge is 0.0636 e. The second kappa shape index (κ2) is 11.0. The number of hydrogen-bond donors (Lipinski definition) is 1. The standard InChI is InChI=1S/C4H11N.C3H4O2/c1-2-3-4-5;1-2-3(4)5/h2-5H2,1H3;2H,1H2,(H,4,5)/p-1. The highest BCUT2D eigenvalue weighted by Crippen LogP contribution is 1.77. The lowest BCUT2D eigenvalue weighted by atomic mass is 10.3. The molecule has 0 spiro atoms. The average molecular weight is 144 g/mol. The predicted octanol–water partition coefficient (Wildman–Crippen LogP) is -0.333. The third kappa shape index (κ3) is 27.2. The molecule has 0 aromatic rings. The van der Waals surface area contributed by atoms with Crippen LogP contribution < -0.4 is 10.8 Å². The van der Waals surface area contributed by atoms with E-state index in [0.29, 0.717) is 0 Å². The van der Waals surface area contributed by atoms with Gasteiger partial charge in [0.2, 0.25) is 0 Å². The maximum Gasteiger partial charge on any atom is 0.0636 e. The van der Waals surface area contributed by atoms with Crippen LogP contribution in [0.2, 0.25) is 0 Å². The molecule has 0 aromatic carbocycles. The highest BCUT2D eigenvalue weighted by Gasteiger charge is 1.67. The summed E-state index contributed by atoms with van der Waals surface area (Å²) in [5.41, 5.74) is 5.14. The van der Waals surface area contributed by atoms with Gasteiger partial charge in [-0.2, -0.15) is 0 Å². The van der Waals surface area contributed by atoms with Gasteiger partial charge in [-0.1, -0.05) is 19.9 Å². The predicted molar refractivity (Wildman–Crippen MR) is 39.2 cm³/mol. The minimum Gasteiger partial charge on any atom is -0.545 e.